The summed E-state index contributed by atoms with van der Waals surface area (Å²) in [5, 5.41) is 20.2. The Hall–Kier alpha value is -1.92. The lowest BCUT2D eigenvalue weighted by Gasteiger charge is -2.20. The molecule has 0 saturated heterocycles. The Bertz CT molecular complexity index is 499. The van der Waals surface area contributed by atoms with E-state index in [0.717, 1.165) is 5.56 Å². The molecule has 2 N–H and O–H groups in total. The number of hydrogen-bond donors (Lipinski definition) is 2. The van der Waals surface area contributed by atoms with Crippen molar-refractivity contribution in [2.75, 3.05) is 13.7 Å². The van der Waals surface area contributed by atoms with E-state index in [1.165, 1.54) is 7.11 Å². The first kappa shape index (κ1) is 18.1. The zero-order valence-corrected chi connectivity index (χ0v) is 12.8. The predicted octanol–water partition coefficient (Wildman–Crippen LogP) is 1.14. The molecule has 0 fully saturated rings. The molecule has 0 aromatic heterocycles. The van der Waals surface area contributed by atoms with E-state index in [-0.39, 0.29) is 25.4 Å². The molecule has 1 aromatic carbocycles. The normalized spacial score (nSPS) is 13.3. The third kappa shape index (κ3) is 5.46. The topological polar surface area (TPSA) is 93.1 Å². The number of hydrogen-bond acceptors (Lipinski definition) is 6. The van der Waals surface area contributed by atoms with Gasteiger partial charge in [-0.05, 0) is 24.5 Å². The quantitative estimate of drug-likeness (QED) is 0.699. The van der Waals surface area contributed by atoms with Gasteiger partial charge in [0.05, 0.1) is 26.2 Å². The number of aliphatic hydroxyl groups excluding tert-OH is 2. The first-order valence-electron chi connectivity index (χ1n) is 7.16. The minimum Gasteiger partial charge on any atom is -0.469 e. The number of esters is 2. The van der Waals surface area contributed by atoms with Crippen molar-refractivity contribution in [3.05, 3.63) is 35.4 Å². The molecule has 6 heteroatoms. The van der Waals surface area contributed by atoms with Crippen molar-refractivity contribution < 1.29 is 29.3 Å². The minimum absolute atomic E-state index is 0.175. The van der Waals surface area contributed by atoms with Crippen LogP contribution in [0, 0.1) is 0 Å². The molecule has 2 unspecified atom stereocenters. The predicted molar refractivity (Wildman–Crippen MR) is 79.0 cm³/mol. The minimum atomic E-state index is -1.27. The highest BCUT2D eigenvalue weighted by Crippen LogP contribution is 2.24. The largest absolute Gasteiger partial charge is 0.469 e. The number of aryl methyl sites for hydroxylation is 1. The SMILES string of the molecule is CCOC(=O)CC(O)C(O)c1ccccc1CCC(=O)OC. The van der Waals surface area contributed by atoms with E-state index in [1.54, 1.807) is 31.2 Å². The highest BCUT2D eigenvalue weighted by atomic mass is 16.5. The Labute approximate surface area is 129 Å². The summed E-state index contributed by atoms with van der Waals surface area (Å²) in [6.45, 7) is 1.89. The van der Waals surface area contributed by atoms with Gasteiger partial charge in [-0.1, -0.05) is 24.3 Å². The van der Waals surface area contributed by atoms with Crippen LogP contribution in [0.25, 0.3) is 0 Å². The average Bonchev–Trinajstić information content (AvgIpc) is 2.52. The summed E-state index contributed by atoms with van der Waals surface area (Å²) in [6.07, 6.45) is -2.22. The molecule has 0 heterocycles. The maximum absolute atomic E-state index is 11.4. The maximum atomic E-state index is 11.4. The summed E-state index contributed by atoms with van der Waals surface area (Å²) in [5.41, 5.74) is 1.21. The molecule has 22 heavy (non-hydrogen) atoms. The van der Waals surface area contributed by atoms with E-state index in [0.29, 0.717) is 12.0 Å². The third-order valence-corrected chi connectivity index (χ3v) is 3.25. The molecule has 0 aliphatic rings. The highest BCUT2D eigenvalue weighted by Gasteiger charge is 2.24. The lowest BCUT2D eigenvalue weighted by atomic mass is 9.94. The monoisotopic (exact) mass is 310 g/mol. The standard InChI is InChI=1S/C16H22O6/c1-3-22-15(19)10-13(17)16(20)12-7-5-4-6-11(12)8-9-14(18)21-2/h4-7,13,16-17,20H,3,8-10H2,1-2H3. The van der Waals surface area contributed by atoms with Gasteiger partial charge in [0.1, 0.15) is 6.10 Å². The molecule has 0 saturated carbocycles. The van der Waals surface area contributed by atoms with Gasteiger partial charge in [0.2, 0.25) is 0 Å². The number of rotatable bonds is 8. The Kier molecular flexibility index (Phi) is 7.56. The van der Waals surface area contributed by atoms with Crippen molar-refractivity contribution in [1.82, 2.24) is 0 Å². The van der Waals surface area contributed by atoms with Crippen LogP contribution in [0.3, 0.4) is 0 Å². The van der Waals surface area contributed by atoms with Gasteiger partial charge in [-0.2, -0.15) is 0 Å². The van der Waals surface area contributed by atoms with Crippen molar-refractivity contribution >= 4 is 11.9 Å². The molecule has 6 nitrogen and oxygen atoms in total. The van der Waals surface area contributed by atoms with E-state index in [1.807, 2.05) is 0 Å². The van der Waals surface area contributed by atoms with Gasteiger partial charge in [-0.3, -0.25) is 9.59 Å². The number of methoxy groups -OCH3 is 1. The Balaban J connectivity index is 2.77. The number of benzene rings is 1. The molecular formula is C16H22O6. The van der Waals surface area contributed by atoms with Crippen LogP contribution >= 0.6 is 0 Å². The smallest absolute Gasteiger partial charge is 0.308 e. The fourth-order valence-corrected chi connectivity index (χ4v) is 2.10. The van der Waals surface area contributed by atoms with Gasteiger partial charge in [0.15, 0.2) is 0 Å². The second-order valence-corrected chi connectivity index (χ2v) is 4.80. The first-order valence-corrected chi connectivity index (χ1v) is 7.16. The van der Waals surface area contributed by atoms with Crippen LogP contribution < -0.4 is 0 Å². The molecule has 0 spiro atoms. The summed E-state index contributed by atoms with van der Waals surface area (Å²) < 4.78 is 9.34. The van der Waals surface area contributed by atoms with E-state index in [4.69, 9.17) is 4.74 Å². The fraction of sp³-hybridized carbons (Fsp3) is 0.500. The maximum Gasteiger partial charge on any atom is 0.308 e. The van der Waals surface area contributed by atoms with Crippen molar-refractivity contribution in [3.63, 3.8) is 0 Å². The van der Waals surface area contributed by atoms with Crippen molar-refractivity contribution in [3.8, 4) is 0 Å². The van der Waals surface area contributed by atoms with Crippen LogP contribution in [0.15, 0.2) is 24.3 Å². The molecule has 0 amide bonds. The second kappa shape index (κ2) is 9.17. The third-order valence-electron chi connectivity index (χ3n) is 3.25. The Morgan fingerprint density at radius 1 is 1.18 bits per heavy atom. The van der Waals surface area contributed by atoms with E-state index in [9.17, 15) is 19.8 Å². The van der Waals surface area contributed by atoms with E-state index in [2.05, 4.69) is 4.74 Å². The van der Waals surface area contributed by atoms with E-state index >= 15 is 0 Å². The van der Waals surface area contributed by atoms with Gasteiger partial charge in [-0.15, -0.1) is 0 Å². The van der Waals surface area contributed by atoms with Crippen LogP contribution in [0.5, 0.6) is 0 Å². The zero-order chi connectivity index (χ0) is 16.5. The van der Waals surface area contributed by atoms with Gasteiger partial charge in [0.25, 0.3) is 0 Å². The Morgan fingerprint density at radius 3 is 2.50 bits per heavy atom. The number of ether oxygens (including phenoxy) is 2. The van der Waals surface area contributed by atoms with Gasteiger partial charge >= 0.3 is 11.9 Å². The number of carbonyl (C=O) groups excluding carboxylic acids is 2. The summed E-state index contributed by atoms with van der Waals surface area (Å²) in [7, 11) is 1.31. The first-order chi connectivity index (χ1) is 10.5. The zero-order valence-electron chi connectivity index (χ0n) is 12.8. The van der Waals surface area contributed by atoms with Crippen LogP contribution in [0.1, 0.15) is 37.0 Å². The molecule has 122 valence electrons. The molecule has 0 bridgehead atoms. The van der Waals surface area contributed by atoms with Crippen LogP contribution in [0.2, 0.25) is 0 Å². The van der Waals surface area contributed by atoms with Gasteiger partial charge in [-0.25, -0.2) is 0 Å². The van der Waals surface area contributed by atoms with Gasteiger partial charge < -0.3 is 19.7 Å². The van der Waals surface area contributed by atoms with Crippen molar-refractivity contribution in [2.24, 2.45) is 0 Å². The fourth-order valence-electron chi connectivity index (χ4n) is 2.10. The molecule has 0 radical (unpaired) electrons. The summed E-state index contributed by atoms with van der Waals surface area (Å²) in [5.74, 6) is -0.919. The molecule has 1 rings (SSSR count). The molecule has 0 aliphatic carbocycles. The molecular weight excluding hydrogens is 288 g/mol. The number of carbonyl (C=O) groups is 2. The molecule has 1 aromatic rings. The number of aliphatic hydroxyl groups is 2. The van der Waals surface area contributed by atoms with Crippen LogP contribution in [0.4, 0.5) is 0 Å². The summed E-state index contributed by atoms with van der Waals surface area (Å²) in [6, 6.07) is 6.92. The van der Waals surface area contributed by atoms with Crippen LogP contribution in [-0.4, -0.2) is 42.0 Å². The lowest BCUT2D eigenvalue weighted by Crippen LogP contribution is -2.24. The average molecular weight is 310 g/mol. The van der Waals surface area contributed by atoms with Crippen molar-refractivity contribution in [2.45, 2.75) is 38.4 Å². The second-order valence-electron chi connectivity index (χ2n) is 4.80. The van der Waals surface area contributed by atoms with E-state index < -0.39 is 18.2 Å². The van der Waals surface area contributed by atoms with Crippen molar-refractivity contribution in [1.29, 1.82) is 0 Å². The molecule has 2 atom stereocenters. The lowest BCUT2D eigenvalue weighted by molar-refractivity contribution is -0.147. The van der Waals surface area contributed by atoms with Crippen LogP contribution in [-0.2, 0) is 25.5 Å². The Morgan fingerprint density at radius 2 is 1.86 bits per heavy atom. The highest BCUT2D eigenvalue weighted by molar-refractivity contribution is 5.70. The van der Waals surface area contributed by atoms with Gasteiger partial charge in [0, 0.05) is 6.42 Å². The summed E-state index contributed by atoms with van der Waals surface area (Å²) in [4.78, 5) is 22.6. The summed E-state index contributed by atoms with van der Waals surface area (Å²) >= 11 is 0. The molecule has 0 aliphatic heterocycles.